The molecule has 9 aromatic rings. The van der Waals surface area contributed by atoms with Crippen molar-refractivity contribution >= 4 is 43.2 Å². The summed E-state index contributed by atoms with van der Waals surface area (Å²) in [4.78, 5) is 14.8. The van der Waals surface area contributed by atoms with Crippen molar-refractivity contribution in [3.8, 4) is 49.8 Å². The first-order valence-corrected chi connectivity index (χ1v) is 16.1. The van der Waals surface area contributed by atoms with E-state index < -0.39 is 0 Å². The second-order valence-corrected chi connectivity index (χ2v) is 12.4. The summed E-state index contributed by atoms with van der Waals surface area (Å²) >= 11 is 1.87. The molecule has 0 saturated carbocycles. The lowest BCUT2D eigenvalue weighted by atomic mass is 10.0. The first-order valence-electron chi connectivity index (χ1n) is 15.2. The van der Waals surface area contributed by atoms with Crippen molar-refractivity contribution in [3.05, 3.63) is 158 Å². The Hall–Kier alpha value is -5.91. The number of thiophene rings is 1. The van der Waals surface area contributed by atoms with Gasteiger partial charge < -0.3 is 4.57 Å². The molecule has 46 heavy (non-hydrogen) atoms. The summed E-state index contributed by atoms with van der Waals surface area (Å²) < 4.78 is 3.71. The molecule has 0 atom stereocenters. The predicted molar refractivity (Wildman–Crippen MR) is 191 cm³/mol. The molecule has 0 N–H and O–H groups in total. The third-order valence-corrected chi connectivity index (χ3v) is 9.83. The zero-order chi connectivity index (χ0) is 30.5. The van der Waals surface area contributed by atoms with Crippen LogP contribution >= 0.6 is 11.3 Å². The Morgan fingerprint density at radius 1 is 0.478 bits per heavy atom. The highest BCUT2D eigenvalue weighted by Crippen LogP contribution is 2.43. The van der Waals surface area contributed by atoms with Crippen LogP contribution in [0.5, 0.6) is 0 Å². The van der Waals surface area contributed by atoms with Crippen LogP contribution < -0.4 is 0 Å². The van der Waals surface area contributed by atoms with Crippen LogP contribution in [-0.4, -0.2) is 19.5 Å². The van der Waals surface area contributed by atoms with Gasteiger partial charge in [-0.15, -0.1) is 11.3 Å². The number of fused-ring (bicyclic) bond motifs is 5. The highest BCUT2D eigenvalue weighted by atomic mass is 32.1. The van der Waals surface area contributed by atoms with Gasteiger partial charge in [0, 0.05) is 62.0 Å². The van der Waals surface area contributed by atoms with Crippen LogP contribution in [0.15, 0.2) is 158 Å². The SMILES string of the molecule is c1ccc(-c2cc3ccc4c(c5ccccc5n4-c4ccc(-c5cc(-c6ccncc6)cc(-c6ccncc6)n5)cc4)c3s2)cc1. The molecule has 5 aromatic heterocycles. The van der Waals surface area contributed by atoms with Gasteiger partial charge in [0.1, 0.15) is 0 Å². The molecule has 0 amide bonds. The minimum atomic E-state index is 0.910. The van der Waals surface area contributed by atoms with E-state index in [4.69, 9.17) is 4.98 Å². The van der Waals surface area contributed by atoms with Gasteiger partial charge in [0.2, 0.25) is 0 Å². The van der Waals surface area contributed by atoms with Crippen molar-refractivity contribution < 1.29 is 0 Å². The van der Waals surface area contributed by atoms with Gasteiger partial charge in [0.25, 0.3) is 0 Å². The fraction of sp³-hybridized carbons (Fsp3) is 0. The molecule has 0 fully saturated rings. The molecule has 5 heterocycles. The van der Waals surface area contributed by atoms with Crippen LogP contribution in [-0.2, 0) is 0 Å². The monoisotopic (exact) mass is 606 g/mol. The predicted octanol–water partition coefficient (Wildman–Crippen LogP) is 10.9. The Balaban J connectivity index is 1.18. The van der Waals surface area contributed by atoms with Crippen LogP contribution in [0.2, 0.25) is 0 Å². The van der Waals surface area contributed by atoms with Crippen molar-refractivity contribution in [1.82, 2.24) is 19.5 Å². The summed E-state index contributed by atoms with van der Waals surface area (Å²) in [6, 6.07) is 47.4. The minimum absolute atomic E-state index is 0.910. The maximum absolute atomic E-state index is 5.10. The van der Waals surface area contributed by atoms with Gasteiger partial charge in [-0.2, -0.15) is 0 Å². The first kappa shape index (κ1) is 26.5. The smallest absolute Gasteiger partial charge is 0.0716 e. The standard InChI is InChI=1S/C41H26N4S/c1-2-6-30(7-3-1)39-26-31-12-15-38-40(41(31)46-39)34-8-4-5-9-37(34)45(38)33-13-10-28(11-14-33)35-24-32(27-16-20-42-21-17-27)25-36(44-35)29-18-22-43-23-19-29/h1-26H. The third kappa shape index (κ3) is 4.48. The molecule has 0 radical (unpaired) electrons. The number of rotatable bonds is 5. The van der Waals surface area contributed by atoms with E-state index in [0.29, 0.717) is 0 Å². The quantitative estimate of drug-likeness (QED) is 0.196. The molecule has 4 nitrogen and oxygen atoms in total. The van der Waals surface area contributed by atoms with Crippen molar-refractivity contribution in [2.45, 2.75) is 0 Å². The van der Waals surface area contributed by atoms with E-state index in [1.807, 2.05) is 60.4 Å². The third-order valence-electron chi connectivity index (χ3n) is 8.61. The number of pyridine rings is 3. The summed E-state index contributed by atoms with van der Waals surface area (Å²) in [6.07, 6.45) is 7.27. The highest BCUT2D eigenvalue weighted by Gasteiger charge is 2.17. The maximum Gasteiger partial charge on any atom is 0.0716 e. The Morgan fingerprint density at radius 2 is 1.13 bits per heavy atom. The first-order chi connectivity index (χ1) is 22.8. The summed E-state index contributed by atoms with van der Waals surface area (Å²) in [6.45, 7) is 0. The highest BCUT2D eigenvalue weighted by molar-refractivity contribution is 7.23. The number of para-hydroxylation sites is 1. The molecule has 9 rings (SSSR count). The minimum Gasteiger partial charge on any atom is -0.309 e. The number of nitrogens with zero attached hydrogens (tertiary/aromatic N) is 4. The van der Waals surface area contributed by atoms with Gasteiger partial charge >= 0.3 is 0 Å². The topological polar surface area (TPSA) is 43.6 Å². The van der Waals surface area contributed by atoms with E-state index in [2.05, 4.69) is 124 Å². The molecule has 4 aromatic carbocycles. The van der Waals surface area contributed by atoms with E-state index in [1.165, 1.54) is 42.3 Å². The van der Waals surface area contributed by atoms with Crippen LogP contribution in [0.1, 0.15) is 0 Å². The number of benzene rings is 4. The average Bonchev–Trinajstić information content (AvgIpc) is 3.72. The van der Waals surface area contributed by atoms with Crippen LogP contribution in [0.25, 0.3) is 81.7 Å². The molecule has 0 spiro atoms. The zero-order valence-electron chi connectivity index (χ0n) is 24.7. The van der Waals surface area contributed by atoms with Crippen molar-refractivity contribution in [3.63, 3.8) is 0 Å². The van der Waals surface area contributed by atoms with Crippen molar-refractivity contribution in [2.24, 2.45) is 0 Å². The number of aromatic nitrogens is 4. The second kappa shape index (κ2) is 10.9. The fourth-order valence-electron chi connectivity index (χ4n) is 6.41. The van der Waals surface area contributed by atoms with E-state index in [0.717, 1.165) is 39.3 Å². The van der Waals surface area contributed by atoms with Gasteiger partial charge in [0.15, 0.2) is 0 Å². The molecule has 0 aliphatic rings. The molecular formula is C41H26N4S. The summed E-state index contributed by atoms with van der Waals surface area (Å²) in [5.41, 5.74) is 10.9. The van der Waals surface area contributed by atoms with Gasteiger partial charge in [-0.1, -0.05) is 66.7 Å². The maximum atomic E-state index is 5.10. The number of hydrogen-bond donors (Lipinski definition) is 0. The largest absolute Gasteiger partial charge is 0.309 e. The van der Waals surface area contributed by atoms with Gasteiger partial charge in [-0.3, -0.25) is 9.97 Å². The molecule has 0 saturated heterocycles. The Labute approximate surface area is 269 Å². The van der Waals surface area contributed by atoms with E-state index in [1.54, 1.807) is 0 Å². The van der Waals surface area contributed by atoms with Gasteiger partial charge in [0.05, 0.1) is 22.4 Å². The lowest BCUT2D eigenvalue weighted by molar-refractivity contribution is 1.18. The average molecular weight is 607 g/mol. The molecular weight excluding hydrogens is 581 g/mol. The Kier molecular flexibility index (Phi) is 6.28. The van der Waals surface area contributed by atoms with E-state index in [9.17, 15) is 0 Å². The lowest BCUT2D eigenvalue weighted by Gasteiger charge is -2.12. The van der Waals surface area contributed by atoms with Crippen molar-refractivity contribution in [1.29, 1.82) is 0 Å². The molecule has 216 valence electrons. The molecule has 5 heteroatoms. The van der Waals surface area contributed by atoms with E-state index in [-0.39, 0.29) is 0 Å². The van der Waals surface area contributed by atoms with E-state index >= 15 is 0 Å². The lowest BCUT2D eigenvalue weighted by Crippen LogP contribution is -1.95. The summed E-state index contributed by atoms with van der Waals surface area (Å²) in [5, 5.41) is 3.85. The van der Waals surface area contributed by atoms with Crippen molar-refractivity contribution in [2.75, 3.05) is 0 Å². The van der Waals surface area contributed by atoms with Gasteiger partial charge in [-0.05, 0) is 88.8 Å². The molecule has 0 unspecified atom stereocenters. The van der Waals surface area contributed by atoms with Crippen LogP contribution in [0, 0.1) is 0 Å². The normalized spacial score (nSPS) is 11.5. The molecule has 0 aliphatic carbocycles. The summed E-state index contributed by atoms with van der Waals surface area (Å²) in [7, 11) is 0. The number of hydrogen-bond acceptors (Lipinski definition) is 4. The Bertz CT molecular complexity index is 2440. The second-order valence-electron chi connectivity index (χ2n) is 11.4. The molecule has 0 aliphatic heterocycles. The summed E-state index contributed by atoms with van der Waals surface area (Å²) in [5.74, 6) is 0. The fourth-order valence-corrected chi connectivity index (χ4v) is 7.63. The van der Waals surface area contributed by atoms with Gasteiger partial charge in [-0.25, -0.2) is 4.98 Å². The van der Waals surface area contributed by atoms with Crippen LogP contribution in [0.3, 0.4) is 0 Å². The Morgan fingerprint density at radius 3 is 1.87 bits per heavy atom. The molecule has 0 bridgehead atoms. The van der Waals surface area contributed by atoms with Crippen LogP contribution in [0.4, 0.5) is 0 Å². The zero-order valence-corrected chi connectivity index (χ0v) is 25.5.